The van der Waals surface area contributed by atoms with Gasteiger partial charge in [-0.1, -0.05) is 13.8 Å². The summed E-state index contributed by atoms with van der Waals surface area (Å²) in [7, 11) is 0. The molecule has 21 heavy (non-hydrogen) atoms. The van der Waals surface area contributed by atoms with Crippen molar-refractivity contribution in [2.75, 3.05) is 11.4 Å². The lowest BCUT2D eigenvalue weighted by atomic mass is 10.1. The molecule has 0 spiro atoms. The van der Waals surface area contributed by atoms with Gasteiger partial charge in [-0.05, 0) is 63.6 Å². The quantitative estimate of drug-likeness (QED) is 0.861. The molecule has 0 saturated heterocycles. The average molecular weight is 289 g/mol. The molecule has 0 atom stereocenters. The molecular weight excluding hydrogens is 258 g/mol. The lowest BCUT2D eigenvalue weighted by molar-refractivity contribution is 0.424. The number of aromatic nitrogens is 1. The zero-order chi connectivity index (χ0) is 15.6. The fraction of sp³-hybridized carbons (Fsp3) is 0.722. The Morgan fingerprint density at radius 2 is 2.00 bits per heavy atom. The van der Waals surface area contributed by atoms with Crippen LogP contribution in [-0.4, -0.2) is 23.1 Å². The van der Waals surface area contributed by atoms with Gasteiger partial charge in [-0.25, -0.2) is 4.98 Å². The van der Waals surface area contributed by atoms with Crippen LogP contribution in [0.1, 0.15) is 58.6 Å². The van der Waals surface area contributed by atoms with Crippen molar-refractivity contribution in [3.05, 3.63) is 23.4 Å². The first-order valence-electron chi connectivity index (χ1n) is 8.23. The Morgan fingerprint density at radius 1 is 1.33 bits per heavy atom. The predicted molar refractivity (Wildman–Crippen MR) is 90.8 cm³/mol. The molecule has 3 nitrogen and oxygen atoms in total. The van der Waals surface area contributed by atoms with Crippen molar-refractivity contribution in [2.45, 2.75) is 72.5 Å². The maximum atomic E-state index is 4.78. The molecule has 1 saturated carbocycles. The Balaban J connectivity index is 2.10. The van der Waals surface area contributed by atoms with E-state index in [1.807, 2.05) is 6.20 Å². The predicted octanol–water partition coefficient (Wildman–Crippen LogP) is 3.90. The van der Waals surface area contributed by atoms with Crippen molar-refractivity contribution < 1.29 is 0 Å². The van der Waals surface area contributed by atoms with Crippen LogP contribution < -0.4 is 10.2 Å². The third-order valence-electron chi connectivity index (χ3n) is 3.75. The van der Waals surface area contributed by atoms with Crippen LogP contribution in [0.25, 0.3) is 0 Å². The average Bonchev–Trinajstić information content (AvgIpc) is 3.17. The zero-order valence-electron chi connectivity index (χ0n) is 14.5. The minimum atomic E-state index is 0.143. The van der Waals surface area contributed by atoms with Gasteiger partial charge in [0.05, 0.1) is 0 Å². The summed E-state index contributed by atoms with van der Waals surface area (Å²) in [6, 6.07) is 3.01. The first kappa shape index (κ1) is 16.3. The van der Waals surface area contributed by atoms with E-state index in [4.69, 9.17) is 4.98 Å². The monoisotopic (exact) mass is 289 g/mol. The maximum Gasteiger partial charge on any atom is 0.131 e. The Bertz CT molecular complexity index is 470. The topological polar surface area (TPSA) is 28.2 Å². The van der Waals surface area contributed by atoms with E-state index in [0.717, 1.165) is 19.1 Å². The molecule has 1 aliphatic rings. The number of hydrogen-bond donors (Lipinski definition) is 1. The van der Waals surface area contributed by atoms with Crippen LogP contribution in [-0.2, 0) is 6.54 Å². The molecule has 0 amide bonds. The second-order valence-corrected chi connectivity index (χ2v) is 7.87. The minimum absolute atomic E-state index is 0.143. The number of pyridine rings is 1. The molecular formula is C18H31N3. The summed E-state index contributed by atoms with van der Waals surface area (Å²) in [5.74, 6) is 1.86. The highest BCUT2D eigenvalue weighted by Gasteiger charge is 2.31. The highest BCUT2D eigenvalue weighted by Crippen LogP contribution is 2.33. The molecule has 1 fully saturated rings. The SMILES string of the molecule is Cc1cc(CNC(C)(C)C)cnc1N(CC(C)C)C1CC1. The smallest absolute Gasteiger partial charge is 0.131 e. The summed E-state index contributed by atoms with van der Waals surface area (Å²) in [6.45, 7) is 15.3. The van der Waals surface area contributed by atoms with Gasteiger partial charge in [-0.3, -0.25) is 0 Å². The summed E-state index contributed by atoms with van der Waals surface area (Å²) < 4.78 is 0. The van der Waals surface area contributed by atoms with Crippen molar-refractivity contribution in [1.29, 1.82) is 0 Å². The van der Waals surface area contributed by atoms with Crippen LogP contribution >= 0.6 is 0 Å². The molecule has 1 aromatic heterocycles. The molecule has 1 aromatic rings. The second-order valence-electron chi connectivity index (χ2n) is 7.87. The Hall–Kier alpha value is -1.09. The van der Waals surface area contributed by atoms with Gasteiger partial charge >= 0.3 is 0 Å². The van der Waals surface area contributed by atoms with Gasteiger partial charge < -0.3 is 10.2 Å². The standard InChI is InChI=1S/C18H31N3/c1-13(2)12-21(16-7-8-16)17-14(3)9-15(10-19-17)11-20-18(4,5)6/h9-10,13,16,20H,7-8,11-12H2,1-6H3. The normalized spacial score (nSPS) is 15.6. The van der Waals surface area contributed by atoms with Crippen LogP contribution in [0.4, 0.5) is 5.82 Å². The number of nitrogens with zero attached hydrogens (tertiary/aromatic N) is 2. The maximum absolute atomic E-state index is 4.78. The van der Waals surface area contributed by atoms with Gasteiger partial charge in [0.1, 0.15) is 5.82 Å². The summed E-state index contributed by atoms with van der Waals surface area (Å²) >= 11 is 0. The molecule has 0 aliphatic heterocycles. The lowest BCUT2D eigenvalue weighted by Crippen LogP contribution is -2.35. The molecule has 1 N–H and O–H groups in total. The Labute approximate surface area is 130 Å². The largest absolute Gasteiger partial charge is 0.353 e. The number of aryl methyl sites for hydroxylation is 1. The van der Waals surface area contributed by atoms with E-state index < -0.39 is 0 Å². The summed E-state index contributed by atoms with van der Waals surface area (Å²) in [4.78, 5) is 7.29. The second kappa shape index (κ2) is 6.35. The van der Waals surface area contributed by atoms with E-state index in [1.165, 1.54) is 29.8 Å². The third-order valence-corrected chi connectivity index (χ3v) is 3.75. The van der Waals surface area contributed by atoms with E-state index >= 15 is 0 Å². The number of rotatable bonds is 6. The molecule has 1 heterocycles. The number of anilines is 1. The first-order valence-corrected chi connectivity index (χ1v) is 8.23. The van der Waals surface area contributed by atoms with Gasteiger partial charge in [0, 0.05) is 30.9 Å². The molecule has 0 radical (unpaired) electrons. The fourth-order valence-corrected chi connectivity index (χ4v) is 2.58. The van der Waals surface area contributed by atoms with Crippen LogP contribution in [0.5, 0.6) is 0 Å². The highest BCUT2D eigenvalue weighted by molar-refractivity contribution is 5.49. The Kier molecular flexibility index (Phi) is 4.92. The van der Waals surface area contributed by atoms with Crippen molar-refractivity contribution in [1.82, 2.24) is 10.3 Å². The van der Waals surface area contributed by atoms with E-state index in [2.05, 4.69) is 57.8 Å². The molecule has 1 aliphatic carbocycles. The van der Waals surface area contributed by atoms with Crippen LogP contribution in [0, 0.1) is 12.8 Å². The number of hydrogen-bond acceptors (Lipinski definition) is 3. The van der Waals surface area contributed by atoms with E-state index in [1.54, 1.807) is 0 Å². The van der Waals surface area contributed by atoms with E-state index in [0.29, 0.717) is 5.92 Å². The highest BCUT2D eigenvalue weighted by atomic mass is 15.2. The Morgan fingerprint density at radius 3 is 2.48 bits per heavy atom. The van der Waals surface area contributed by atoms with Gasteiger partial charge in [0.2, 0.25) is 0 Å². The van der Waals surface area contributed by atoms with Crippen molar-refractivity contribution in [2.24, 2.45) is 5.92 Å². The van der Waals surface area contributed by atoms with Crippen molar-refractivity contribution in [3.63, 3.8) is 0 Å². The van der Waals surface area contributed by atoms with Gasteiger partial charge in [0.15, 0.2) is 0 Å². The molecule has 0 bridgehead atoms. The van der Waals surface area contributed by atoms with Gasteiger partial charge in [0.25, 0.3) is 0 Å². The van der Waals surface area contributed by atoms with Crippen molar-refractivity contribution in [3.8, 4) is 0 Å². The molecule has 0 aromatic carbocycles. The fourth-order valence-electron chi connectivity index (χ4n) is 2.58. The molecule has 3 heteroatoms. The molecule has 2 rings (SSSR count). The van der Waals surface area contributed by atoms with Crippen LogP contribution in [0.3, 0.4) is 0 Å². The third kappa shape index (κ3) is 4.99. The van der Waals surface area contributed by atoms with Gasteiger partial charge in [-0.2, -0.15) is 0 Å². The number of nitrogens with one attached hydrogen (secondary N) is 1. The zero-order valence-corrected chi connectivity index (χ0v) is 14.5. The lowest BCUT2D eigenvalue weighted by Gasteiger charge is -2.27. The summed E-state index contributed by atoms with van der Waals surface area (Å²) in [5, 5.41) is 3.53. The van der Waals surface area contributed by atoms with Crippen LogP contribution in [0.15, 0.2) is 12.3 Å². The molecule has 118 valence electrons. The van der Waals surface area contributed by atoms with Crippen molar-refractivity contribution >= 4 is 5.82 Å². The van der Waals surface area contributed by atoms with Gasteiger partial charge in [-0.15, -0.1) is 0 Å². The van der Waals surface area contributed by atoms with Crippen LogP contribution in [0.2, 0.25) is 0 Å². The summed E-state index contributed by atoms with van der Waals surface area (Å²) in [6.07, 6.45) is 4.68. The summed E-state index contributed by atoms with van der Waals surface area (Å²) in [5.41, 5.74) is 2.71. The van der Waals surface area contributed by atoms with E-state index in [9.17, 15) is 0 Å². The first-order chi connectivity index (χ1) is 9.76. The minimum Gasteiger partial charge on any atom is -0.353 e. The van der Waals surface area contributed by atoms with E-state index in [-0.39, 0.29) is 5.54 Å². The molecule has 0 unspecified atom stereocenters.